The molecule has 0 saturated carbocycles. The molecule has 0 fully saturated rings. The van der Waals surface area contributed by atoms with E-state index in [1.54, 1.807) is 37.4 Å². The lowest BCUT2D eigenvalue weighted by Crippen LogP contribution is -2.10. The maximum atomic E-state index is 13.2. The van der Waals surface area contributed by atoms with Gasteiger partial charge in [-0.3, -0.25) is 0 Å². The van der Waals surface area contributed by atoms with Crippen LogP contribution in [0.25, 0.3) is 0 Å². The molecule has 0 bridgehead atoms. The highest BCUT2D eigenvalue weighted by Gasteiger charge is 2.33. The van der Waals surface area contributed by atoms with Crippen LogP contribution in [0.4, 0.5) is 13.2 Å². The average molecular weight is 332 g/mol. The fourth-order valence-electron chi connectivity index (χ4n) is 1.86. The summed E-state index contributed by atoms with van der Waals surface area (Å²) in [5.41, 5.74) is -0.0273. The normalized spacial score (nSPS) is 11.7. The smallest absolute Gasteiger partial charge is 0.316 e. The van der Waals surface area contributed by atoms with Crippen molar-refractivity contribution in [3.63, 3.8) is 0 Å². The fraction of sp³-hybridized carbons (Fsp3) is 0.200. The molecule has 0 aromatic heterocycles. The van der Waals surface area contributed by atoms with E-state index in [1.165, 1.54) is 12.1 Å². The third-order valence-electron chi connectivity index (χ3n) is 2.75. The van der Waals surface area contributed by atoms with E-state index in [0.29, 0.717) is 22.0 Å². The quantitative estimate of drug-likeness (QED) is 0.823. The van der Waals surface area contributed by atoms with E-state index in [0.717, 1.165) is 11.8 Å². The van der Waals surface area contributed by atoms with Crippen LogP contribution in [-0.2, 0) is 12.7 Å². The summed E-state index contributed by atoms with van der Waals surface area (Å²) in [5.74, 6) is 0. The third-order valence-corrected chi connectivity index (χ3v) is 4.05. The van der Waals surface area contributed by atoms with Gasteiger partial charge in [0, 0.05) is 21.4 Å². The molecule has 2 aromatic carbocycles. The summed E-state index contributed by atoms with van der Waals surface area (Å²) >= 11 is 6.92. The molecule has 0 aliphatic carbocycles. The standard InChI is InChI=1S/C15H13ClF3NS/c1-20-9-10-5-6-14(13(7-10)15(17,18)19)21-12-4-2-3-11(16)8-12/h2-8,20H,9H2,1H3. The van der Waals surface area contributed by atoms with Gasteiger partial charge < -0.3 is 5.32 Å². The number of halogens is 4. The minimum atomic E-state index is -4.38. The molecule has 0 aliphatic heterocycles. The zero-order valence-corrected chi connectivity index (χ0v) is 12.7. The second kappa shape index (κ2) is 6.73. The summed E-state index contributed by atoms with van der Waals surface area (Å²) in [6, 6.07) is 11.2. The van der Waals surface area contributed by atoms with Crippen LogP contribution in [0, 0.1) is 0 Å². The summed E-state index contributed by atoms with van der Waals surface area (Å²) < 4.78 is 39.6. The van der Waals surface area contributed by atoms with Crippen LogP contribution in [0.5, 0.6) is 0 Å². The molecule has 0 spiro atoms. The predicted octanol–water partition coefficient (Wildman–Crippen LogP) is 5.23. The molecule has 2 aromatic rings. The Hall–Kier alpha value is -1.17. The van der Waals surface area contributed by atoms with Crippen molar-refractivity contribution < 1.29 is 13.2 Å². The van der Waals surface area contributed by atoms with E-state index in [9.17, 15) is 13.2 Å². The van der Waals surface area contributed by atoms with E-state index in [4.69, 9.17) is 11.6 Å². The Balaban J connectivity index is 2.38. The Kier molecular flexibility index (Phi) is 5.19. The zero-order valence-electron chi connectivity index (χ0n) is 11.2. The van der Waals surface area contributed by atoms with E-state index < -0.39 is 11.7 Å². The first-order chi connectivity index (χ1) is 9.90. The first kappa shape index (κ1) is 16.2. The number of rotatable bonds is 4. The molecule has 1 nitrogen and oxygen atoms in total. The lowest BCUT2D eigenvalue weighted by molar-refractivity contribution is -0.139. The maximum Gasteiger partial charge on any atom is 0.417 e. The second-order valence-electron chi connectivity index (χ2n) is 4.42. The largest absolute Gasteiger partial charge is 0.417 e. The molecule has 0 atom stereocenters. The maximum absolute atomic E-state index is 13.2. The second-order valence-corrected chi connectivity index (χ2v) is 5.97. The number of nitrogens with one attached hydrogen (secondary N) is 1. The molecule has 2 rings (SSSR count). The monoisotopic (exact) mass is 331 g/mol. The predicted molar refractivity (Wildman–Crippen MR) is 79.8 cm³/mol. The van der Waals surface area contributed by atoms with Gasteiger partial charge >= 0.3 is 6.18 Å². The highest BCUT2D eigenvalue weighted by Crippen LogP contribution is 2.40. The van der Waals surface area contributed by atoms with Gasteiger partial charge in [0.25, 0.3) is 0 Å². The first-order valence-electron chi connectivity index (χ1n) is 6.18. The van der Waals surface area contributed by atoms with Gasteiger partial charge in [0.1, 0.15) is 0 Å². The van der Waals surface area contributed by atoms with Gasteiger partial charge in [-0.25, -0.2) is 0 Å². The zero-order chi connectivity index (χ0) is 15.5. The van der Waals surface area contributed by atoms with Crippen LogP contribution < -0.4 is 5.32 Å². The fourth-order valence-corrected chi connectivity index (χ4v) is 3.12. The molecule has 112 valence electrons. The molecule has 0 heterocycles. The van der Waals surface area contributed by atoms with Crippen molar-refractivity contribution in [2.75, 3.05) is 7.05 Å². The lowest BCUT2D eigenvalue weighted by Gasteiger charge is -2.14. The molecular weight excluding hydrogens is 319 g/mol. The van der Waals surface area contributed by atoms with Crippen molar-refractivity contribution in [2.24, 2.45) is 0 Å². The summed E-state index contributed by atoms with van der Waals surface area (Å²) in [7, 11) is 1.70. The van der Waals surface area contributed by atoms with Gasteiger partial charge in [0.2, 0.25) is 0 Å². The van der Waals surface area contributed by atoms with Gasteiger partial charge in [0.05, 0.1) is 5.56 Å². The highest BCUT2D eigenvalue weighted by atomic mass is 35.5. The van der Waals surface area contributed by atoms with Crippen molar-refractivity contribution in [3.8, 4) is 0 Å². The van der Waals surface area contributed by atoms with Crippen LogP contribution in [0.15, 0.2) is 52.3 Å². The molecule has 0 radical (unpaired) electrons. The highest BCUT2D eigenvalue weighted by molar-refractivity contribution is 7.99. The van der Waals surface area contributed by atoms with Crippen molar-refractivity contribution in [1.82, 2.24) is 5.32 Å². The van der Waals surface area contributed by atoms with Gasteiger partial charge in [0.15, 0.2) is 0 Å². The summed E-state index contributed by atoms with van der Waals surface area (Å²) in [5, 5.41) is 3.35. The molecule has 6 heteroatoms. The van der Waals surface area contributed by atoms with Crippen LogP contribution in [0.2, 0.25) is 5.02 Å². The molecule has 1 N–H and O–H groups in total. The minimum Gasteiger partial charge on any atom is -0.316 e. The third kappa shape index (κ3) is 4.40. The van der Waals surface area contributed by atoms with Gasteiger partial charge in [-0.05, 0) is 42.9 Å². The Morgan fingerprint density at radius 3 is 2.52 bits per heavy atom. The van der Waals surface area contributed by atoms with Crippen molar-refractivity contribution in [2.45, 2.75) is 22.5 Å². The summed E-state index contributed by atoms with van der Waals surface area (Å²) in [4.78, 5) is 0.846. The van der Waals surface area contributed by atoms with E-state index >= 15 is 0 Å². The molecule has 0 unspecified atom stereocenters. The lowest BCUT2D eigenvalue weighted by atomic mass is 10.1. The number of benzene rings is 2. The number of hydrogen-bond donors (Lipinski definition) is 1. The first-order valence-corrected chi connectivity index (χ1v) is 7.38. The Labute approximate surface area is 130 Å². The van der Waals surface area contributed by atoms with Crippen molar-refractivity contribution in [1.29, 1.82) is 0 Å². The van der Waals surface area contributed by atoms with Crippen LogP contribution in [0.3, 0.4) is 0 Å². The summed E-state index contributed by atoms with van der Waals surface area (Å²) in [6.07, 6.45) is -4.38. The Morgan fingerprint density at radius 2 is 1.90 bits per heavy atom. The number of alkyl halides is 3. The van der Waals surface area contributed by atoms with Gasteiger partial charge in [-0.1, -0.05) is 35.5 Å². The van der Waals surface area contributed by atoms with E-state index in [-0.39, 0.29) is 4.90 Å². The minimum absolute atomic E-state index is 0.171. The van der Waals surface area contributed by atoms with E-state index in [2.05, 4.69) is 5.32 Å². The Bertz CT molecular complexity index is 629. The van der Waals surface area contributed by atoms with Crippen molar-refractivity contribution in [3.05, 3.63) is 58.6 Å². The molecule has 0 amide bonds. The van der Waals surface area contributed by atoms with Crippen LogP contribution in [-0.4, -0.2) is 7.05 Å². The van der Waals surface area contributed by atoms with Crippen LogP contribution in [0.1, 0.15) is 11.1 Å². The summed E-state index contributed by atoms with van der Waals surface area (Å²) in [6.45, 7) is 0.394. The van der Waals surface area contributed by atoms with Crippen LogP contribution >= 0.6 is 23.4 Å². The molecule has 0 aliphatic rings. The SMILES string of the molecule is CNCc1ccc(Sc2cccc(Cl)c2)c(C(F)(F)F)c1. The molecule has 21 heavy (non-hydrogen) atoms. The Morgan fingerprint density at radius 1 is 1.14 bits per heavy atom. The van der Waals surface area contributed by atoms with Gasteiger partial charge in [-0.2, -0.15) is 13.2 Å². The average Bonchev–Trinajstić information content (AvgIpc) is 2.39. The van der Waals surface area contributed by atoms with Crippen molar-refractivity contribution >= 4 is 23.4 Å². The molecule has 0 saturated heterocycles. The topological polar surface area (TPSA) is 12.0 Å². The van der Waals surface area contributed by atoms with E-state index in [1.807, 2.05) is 0 Å². The van der Waals surface area contributed by atoms with Gasteiger partial charge in [-0.15, -0.1) is 0 Å². The number of hydrogen-bond acceptors (Lipinski definition) is 2. The molecular formula is C15H13ClF3NS.